The van der Waals surface area contributed by atoms with Crippen molar-refractivity contribution >= 4 is 11.4 Å². The molecule has 0 saturated heterocycles. The van der Waals surface area contributed by atoms with Crippen molar-refractivity contribution in [3.63, 3.8) is 0 Å². The van der Waals surface area contributed by atoms with Crippen LogP contribution in [0.1, 0.15) is 11.1 Å². The van der Waals surface area contributed by atoms with Gasteiger partial charge in [-0.25, -0.2) is 0 Å². The van der Waals surface area contributed by atoms with Gasteiger partial charge in [0.05, 0.1) is 0 Å². The fourth-order valence-electron chi connectivity index (χ4n) is 1.89. The van der Waals surface area contributed by atoms with E-state index in [0.29, 0.717) is 5.75 Å². The van der Waals surface area contributed by atoms with E-state index in [-0.39, 0.29) is 0 Å². The van der Waals surface area contributed by atoms with Crippen LogP contribution in [0.15, 0.2) is 42.5 Å². The fraction of sp³-hybridized carbons (Fsp3) is 0.200. The Bertz CT molecular complexity index is 521. The summed E-state index contributed by atoms with van der Waals surface area (Å²) in [5.74, 6) is 0.307. The molecule has 4 N–H and O–H groups in total. The van der Waals surface area contributed by atoms with Gasteiger partial charge in [-0.3, -0.25) is 0 Å². The lowest BCUT2D eigenvalue weighted by Crippen LogP contribution is -2.06. The van der Waals surface area contributed by atoms with Gasteiger partial charge in [0.2, 0.25) is 0 Å². The second-order valence-electron chi connectivity index (χ2n) is 4.42. The average Bonchev–Trinajstić information content (AvgIpc) is 2.34. The van der Waals surface area contributed by atoms with Gasteiger partial charge in [0.1, 0.15) is 5.75 Å². The first-order valence-electron chi connectivity index (χ1n) is 6.03. The van der Waals surface area contributed by atoms with Crippen LogP contribution in [0.2, 0.25) is 0 Å². The average molecular weight is 242 g/mol. The Hall–Kier alpha value is -2.16. The third-order valence-electron chi connectivity index (χ3n) is 2.92. The molecule has 18 heavy (non-hydrogen) atoms. The first-order valence-corrected chi connectivity index (χ1v) is 6.03. The second-order valence-corrected chi connectivity index (χ2v) is 4.42. The van der Waals surface area contributed by atoms with Crippen LogP contribution < -0.4 is 11.1 Å². The van der Waals surface area contributed by atoms with E-state index < -0.39 is 0 Å². The van der Waals surface area contributed by atoms with Crippen molar-refractivity contribution < 1.29 is 5.11 Å². The highest BCUT2D eigenvalue weighted by atomic mass is 16.3. The first-order chi connectivity index (χ1) is 8.65. The van der Waals surface area contributed by atoms with Crippen molar-refractivity contribution in [2.75, 3.05) is 17.6 Å². The smallest absolute Gasteiger partial charge is 0.115 e. The standard InChI is InChI=1S/C15H18N2O/c1-11-10-13(16)4-7-15(11)17-9-8-12-2-5-14(18)6-3-12/h2-7,10,17-18H,8-9,16H2,1H3. The number of phenols is 1. The minimum atomic E-state index is 0.307. The van der Waals surface area contributed by atoms with Crippen LogP contribution in [-0.4, -0.2) is 11.7 Å². The Kier molecular flexibility index (Phi) is 3.72. The number of phenolic OH excluding ortho intramolecular Hbond substituents is 1. The number of rotatable bonds is 4. The molecule has 0 aliphatic rings. The van der Waals surface area contributed by atoms with E-state index in [4.69, 9.17) is 5.73 Å². The van der Waals surface area contributed by atoms with E-state index in [1.54, 1.807) is 12.1 Å². The van der Waals surface area contributed by atoms with Crippen molar-refractivity contribution in [3.8, 4) is 5.75 Å². The molecule has 0 bridgehead atoms. The van der Waals surface area contributed by atoms with Crippen LogP contribution >= 0.6 is 0 Å². The zero-order chi connectivity index (χ0) is 13.0. The molecule has 0 aliphatic heterocycles. The summed E-state index contributed by atoms with van der Waals surface area (Å²) in [5.41, 5.74) is 9.97. The van der Waals surface area contributed by atoms with Crippen molar-refractivity contribution in [2.45, 2.75) is 13.3 Å². The molecule has 94 valence electrons. The summed E-state index contributed by atoms with van der Waals surface area (Å²) < 4.78 is 0. The minimum Gasteiger partial charge on any atom is -0.508 e. The SMILES string of the molecule is Cc1cc(N)ccc1NCCc1ccc(O)cc1. The van der Waals surface area contributed by atoms with Gasteiger partial charge in [-0.2, -0.15) is 0 Å². The van der Waals surface area contributed by atoms with Gasteiger partial charge in [-0.05, 0) is 54.8 Å². The van der Waals surface area contributed by atoms with Gasteiger partial charge in [0, 0.05) is 17.9 Å². The number of nitrogens with two attached hydrogens (primary N) is 1. The third-order valence-corrected chi connectivity index (χ3v) is 2.92. The molecule has 0 aliphatic carbocycles. The van der Waals surface area contributed by atoms with Crippen LogP contribution in [0.3, 0.4) is 0 Å². The molecule has 2 aromatic rings. The third kappa shape index (κ3) is 3.17. The van der Waals surface area contributed by atoms with Crippen molar-refractivity contribution in [1.82, 2.24) is 0 Å². The number of benzene rings is 2. The number of aryl methyl sites for hydroxylation is 1. The summed E-state index contributed by atoms with van der Waals surface area (Å²) in [5, 5.41) is 12.6. The summed E-state index contributed by atoms with van der Waals surface area (Å²) in [6, 6.07) is 13.2. The topological polar surface area (TPSA) is 58.3 Å². The molecule has 2 aromatic carbocycles. The Labute approximate surface area is 107 Å². The van der Waals surface area contributed by atoms with Gasteiger partial charge in [0.15, 0.2) is 0 Å². The predicted molar refractivity (Wildman–Crippen MR) is 75.9 cm³/mol. The minimum absolute atomic E-state index is 0.307. The molecular weight excluding hydrogens is 224 g/mol. The molecule has 0 saturated carbocycles. The first kappa shape index (κ1) is 12.3. The van der Waals surface area contributed by atoms with Crippen molar-refractivity contribution in [1.29, 1.82) is 0 Å². The highest BCUT2D eigenvalue weighted by Gasteiger charge is 1.98. The van der Waals surface area contributed by atoms with Gasteiger partial charge in [-0.15, -0.1) is 0 Å². The quantitative estimate of drug-likeness (QED) is 0.722. The molecule has 0 unspecified atom stereocenters. The Balaban J connectivity index is 1.90. The maximum Gasteiger partial charge on any atom is 0.115 e. The van der Waals surface area contributed by atoms with Gasteiger partial charge in [0.25, 0.3) is 0 Å². The summed E-state index contributed by atoms with van der Waals surface area (Å²) in [4.78, 5) is 0. The number of hydrogen-bond donors (Lipinski definition) is 3. The lowest BCUT2D eigenvalue weighted by Gasteiger charge is -2.10. The van der Waals surface area contributed by atoms with Gasteiger partial charge in [-0.1, -0.05) is 12.1 Å². The Morgan fingerprint density at radius 3 is 2.50 bits per heavy atom. The molecule has 0 atom stereocenters. The zero-order valence-corrected chi connectivity index (χ0v) is 10.5. The molecular formula is C15H18N2O. The normalized spacial score (nSPS) is 10.3. The lowest BCUT2D eigenvalue weighted by molar-refractivity contribution is 0.475. The highest BCUT2D eigenvalue weighted by Crippen LogP contribution is 2.17. The van der Waals surface area contributed by atoms with Crippen LogP contribution in [0.25, 0.3) is 0 Å². The van der Waals surface area contributed by atoms with E-state index in [9.17, 15) is 5.11 Å². The predicted octanol–water partition coefficient (Wildman–Crippen LogP) is 2.94. The van der Waals surface area contributed by atoms with Gasteiger partial charge >= 0.3 is 0 Å². The maximum absolute atomic E-state index is 9.20. The summed E-state index contributed by atoms with van der Waals surface area (Å²) in [6.45, 7) is 2.90. The van der Waals surface area contributed by atoms with Crippen molar-refractivity contribution in [3.05, 3.63) is 53.6 Å². The lowest BCUT2D eigenvalue weighted by atomic mass is 10.1. The molecule has 0 aromatic heterocycles. The second kappa shape index (κ2) is 5.45. The van der Waals surface area contributed by atoms with Crippen LogP contribution in [-0.2, 0) is 6.42 Å². The van der Waals surface area contributed by atoms with Crippen LogP contribution in [0.4, 0.5) is 11.4 Å². The fourth-order valence-corrected chi connectivity index (χ4v) is 1.89. The molecule has 0 fully saturated rings. The van der Waals surface area contributed by atoms with E-state index in [1.165, 1.54) is 5.56 Å². The van der Waals surface area contributed by atoms with Crippen LogP contribution in [0, 0.1) is 6.92 Å². The Morgan fingerprint density at radius 1 is 1.11 bits per heavy atom. The number of aromatic hydroxyl groups is 1. The molecule has 0 heterocycles. The molecule has 2 rings (SSSR count). The number of anilines is 2. The number of nitrogen functional groups attached to an aromatic ring is 1. The molecule has 3 heteroatoms. The largest absolute Gasteiger partial charge is 0.508 e. The van der Waals surface area contributed by atoms with Gasteiger partial charge < -0.3 is 16.2 Å². The zero-order valence-electron chi connectivity index (χ0n) is 10.5. The van der Waals surface area contributed by atoms with E-state index in [0.717, 1.165) is 29.9 Å². The molecule has 3 nitrogen and oxygen atoms in total. The van der Waals surface area contributed by atoms with E-state index in [2.05, 4.69) is 5.32 Å². The van der Waals surface area contributed by atoms with E-state index in [1.807, 2.05) is 37.3 Å². The number of hydrogen-bond acceptors (Lipinski definition) is 3. The Morgan fingerprint density at radius 2 is 1.83 bits per heavy atom. The summed E-state index contributed by atoms with van der Waals surface area (Å²) >= 11 is 0. The van der Waals surface area contributed by atoms with E-state index >= 15 is 0 Å². The monoisotopic (exact) mass is 242 g/mol. The van der Waals surface area contributed by atoms with Crippen molar-refractivity contribution in [2.24, 2.45) is 0 Å². The summed E-state index contributed by atoms with van der Waals surface area (Å²) in [7, 11) is 0. The molecule has 0 radical (unpaired) electrons. The van der Waals surface area contributed by atoms with Crippen LogP contribution in [0.5, 0.6) is 5.75 Å². The number of nitrogens with one attached hydrogen (secondary N) is 1. The molecule has 0 amide bonds. The highest BCUT2D eigenvalue weighted by molar-refractivity contribution is 5.57. The molecule has 0 spiro atoms. The summed E-state index contributed by atoms with van der Waals surface area (Å²) in [6.07, 6.45) is 0.921. The maximum atomic E-state index is 9.20.